The molecule has 0 saturated carbocycles. The average Bonchev–Trinajstić information content (AvgIpc) is 2.11. The van der Waals surface area contributed by atoms with Gasteiger partial charge in [-0.3, -0.25) is 0 Å². The molecule has 0 atom stereocenters. The maximum absolute atomic E-state index is 12.8. The van der Waals surface area contributed by atoms with Crippen LogP contribution in [0.2, 0.25) is 0 Å². The molecule has 1 N–H and O–H groups in total. The van der Waals surface area contributed by atoms with Crippen LogP contribution in [0.4, 0.5) is 43.9 Å². The Balaban J connectivity index is 0.00000400. The summed E-state index contributed by atoms with van der Waals surface area (Å²) in [6.07, 6.45) is -13.0. The number of halogens is 10. The van der Waals surface area contributed by atoms with Gasteiger partial charge in [-0.25, -0.2) is 9.53 Å². The van der Waals surface area contributed by atoms with Gasteiger partial charge in [0, 0.05) is 51.4 Å². The van der Waals surface area contributed by atoms with Gasteiger partial charge in [-0.15, -0.1) is 0 Å². The van der Waals surface area contributed by atoms with Crippen LogP contribution in [-0.4, -0.2) is 97.7 Å². The van der Waals surface area contributed by atoms with E-state index in [1.54, 1.807) is 0 Å². The van der Waals surface area contributed by atoms with Gasteiger partial charge in [0.25, 0.3) is 0 Å². The van der Waals surface area contributed by atoms with E-state index in [0.717, 1.165) is 0 Å². The Bertz CT molecular complexity index is 415. The summed E-state index contributed by atoms with van der Waals surface area (Å²) >= 11 is 0. The number of carbonyl (C=O) groups is 1. The molecule has 1 rings (SSSR count). The maximum Gasteiger partial charge on any atom is 0.439 e. The molecule has 1 heterocycles. The third kappa shape index (κ3) is 2.92. The van der Waals surface area contributed by atoms with E-state index in [4.69, 9.17) is 5.11 Å². The molecule has 15 heteroatoms. The summed E-state index contributed by atoms with van der Waals surface area (Å²) in [6.45, 7) is 0. The van der Waals surface area contributed by atoms with Crippen LogP contribution >= 0.6 is 0 Å². The molecule has 0 bridgehead atoms. The molecule has 0 aromatic rings. The quantitative estimate of drug-likeness (QED) is 0.463. The van der Waals surface area contributed by atoms with Gasteiger partial charge in [-0.1, -0.05) is 4.90 Å². The van der Waals surface area contributed by atoms with Gasteiger partial charge in [-0.05, 0) is 0 Å². The van der Waals surface area contributed by atoms with Crippen molar-refractivity contribution >= 4 is 57.4 Å². The first-order valence-electron chi connectivity index (χ1n) is 4.15. The standard InChI is InChI=1S/C6HF10NO3.K/c7-2(8,1(18)19)17-3(9,10)5(13,14)20-6(15,16)4(17,11)12;/h(H,18,19);. The number of carboxylic acids is 1. The monoisotopic (exact) mass is 364 g/mol. The van der Waals surface area contributed by atoms with E-state index >= 15 is 0 Å². The summed E-state index contributed by atoms with van der Waals surface area (Å²) in [6, 6.07) is -19.9. The zero-order chi connectivity index (χ0) is 16.4. The van der Waals surface area contributed by atoms with Crippen molar-refractivity contribution in [3.8, 4) is 0 Å². The van der Waals surface area contributed by atoms with E-state index in [1.165, 1.54) is 0 Å². The van der Waals surface area contributed by atoms with Gasteiger partial charge >= 0.3 is 36.3 Å². The van der Waals surface area contributed by atoms with Gasteiger partial charge in [0.1, 0.15) is 0 Å². The van der Waals surface area contributed by atoms with Crippen molar-refractivity contribution in [3.05, 3.63) is 0 Å². The first kappa shape index (κ1) is 21.3. The van der Waals surface area contributed by atoms with E-state index in [2.05, 4.69) is 0 Å². The molecule has 1 saturated heterocycles. The molecule has 1 aliphatic rings. The number of carboxylic acid groups (broad SMARTS) is 1. The average molecular weight is 364 g/mol. The van der Waals surface area contributed by atoms with Crippen LogP contribution in [0.3, 0.4) is 0 Å². The number of hydrogen-bond donors (Lipinski definition) is 1. The minimum atomic E-state index is -6.74. The fourth-order valence-corrected chi connectivity index (χ4v) is 1.17. The summed E-state index contributed by atoms with van der Waals surface area (Å²) < 4.78 is 129. The van der Waals surface area contributed by atoms with Crippen LogP contribution in [-0.2, 0) is 9.53 Å². The minimum Gasteiger partial charge on any atom is -0.476 e. The first-order chi connectivity index (χ1) is 8.52. The van der Waals surface area contributed by atoms with Crippen molar-refractivity contribution in [3.63, 3.8) is 0 Å². The topological polar surface area (TPSA) is 49.8 Å². The number of hydrogen-bond acceptors (Lipinski definition) is 3. The van der Waals surface area contributed by atoms with E-state index in [0.29, 0.717) is 0 Å². The fraction of sp³-hybridized carbons (Fsp3) is 0.833. The van der Waals surface area contributed by atoms with Crippen molar-refractivity contribution in [1.82, 2.24) is 4.90 Å². The molecular weight excluding hydrogens is 363 g/mol. The molecule has 1 fully saturated rings. The number of aliphatic carboxylic acids is 1. The Morgan fingerprint density at radius 2 is 1.19 bits per heavy atom. The molecule has 0 amide bonds. The Labute approximate surface area is 150 Å². The van der Waals surface area contributed by atoms with Crippen LogP contribution in [0.5, 0.6) is 0 Å². The van der Waals surface area contributed by atoms with Crippen LogP contribution in [0.25, 0.3) is 0 Å². The smallest absolute Gasteiger partial charge is 0.439 e. The van der Waals surface area contributed by atoms with E-state index in [9.17, 15) is 48.7 Å². The number of alkyl halides is 10. The second kappa shape index (κ2) is 5.45. The Kier molecular flexibility index (Phi) is 5.53. The summed E-state index contributed by atoms with van der Waals surface area (Å²) in [5, 5.41) is 7.81. The van der Waals surface area contributed by atoms with Crippen LogP contribution in [0.15, 0.2) is 0 Å². The number of rotatable bonds is 2. The summed E-state index contributed by atoms with van der Waals surface area (Å²) in [4.78, 5) is 6.54. The molecule has 0 aliphatic carbocycles. The molecule has 0 unspecified atom stereocenters. The van der Waals surface area contributed by atoms with Crippen LogP contribution < -0.4 is 0 Å². The SMILES string of the molecule is O=C(O)C(F)(F)N1C(F)(F)C(F)(F)OC(F)(F)C1(F)F.[K]. The minimum absolute atomic E-state index is 0. The molecule has 1 aliphatic heterocycles. The van der Waals surface area contributed by atoms with E-state index in [1.807, 2.05) is 4.74 Å². The predicted octanol–water partition coefficient (Wildman–Crippen LogP) is 1.99. The zero-order valence-electron chi connectivity index (χ0n) is 9.49. The maximum atomic E-state index is 12.8. The zero-order valence-corrected chi connectivity index (χ0v) is 12.6. The van der Waals surface area contributed by atoms with Crippen molar-refractivity contribution < 1.29 is 58.5 Å². The molecule has 0 spiro atoms. The molecule has 0 aromatic heterocycles. The Morgan fingerprint density at radius 3 is 1.43 bits per heavy atom. The Hall–Kier alpha value is 0.326. The van der Waals surface area contributed by atoms with E-state index in [-0.39, 0.29) is 51.4 Å². The van der Waals surface area contributed by atoms with Crippen LogP contribution in [0, 0.1) is 0 Å². The number of ether oxygens (including phenoxy) is 1. The van der Waals surface area contributed by atoms with Crippen molar-refractivity contribution in [2.24, 2.45) is 0 Å². The molecule has 4 nitrogen and oxygen atoms in total. The first-order valence-corrected chi connectivity index (χ1v) is 4.15. The normalized spacial score (nSPS) is 26.8. The Morgan fingerprint density at radius 1 is 0.905 bits per heavy atom. The number of morpholine rings is 1. The van der Waals surface area contributed by atoms with Crippen molar-refractivity contribution in [1.29, 1.82) is 0 Å². The van der Waals surface area contributed by atoms with Gasteiger partial charge in [0.2, 0.25) is 0 Å². The van der Waals surface area contributed by atoms with Gasteiger partial charge in [0.05, 0.1) is 0 Å². The third-order valence-electron chi connectivity index (χ3n) is 2.06. The summed E-state index contributed by atoms with van der Waals surface area (Å²) in [5.41, 5.74) is 0. The van der Waals surface area contributed by atoms with Crippen molar-refractivity contribution in [2.45, 2.75) is 30.4 Å². The van der Waals surface area contributed by atoms with E-state index < -0.39 is 41.2 Å². The third-order valence-corrected chi connectivity index (χ3v) is 2.06. The largest absolute Gasteiger partial charge is 0.476 e. The molecule has 0 aromatic carbocycles. The van der Waals surface area contributed by atoms with Gasteiger partial charge < -0.3 is 5.11 Å². The van der Waals surface area contributed by atoms with Crippen molar-refractivity contribution in [2.75, 3.05) is 0 Å². The summed E-state index contributed by atoms with van der Waals surface area (Å²) in [5.74, 6) is -3.77. The van der Waals surface area contributed by atoms with Gasteiger partial charge in [-0.2, -0.15) is 43.9 Å². The second-order valence-electron chi connectivity index (χ2n) is 3.40. The molecule has 119 valence electrons. The summed E-state index contributed by atoms with van der Waals surface area (Å²) in [7, 11) is 0. The van der Waals surface area contributed by atoms with Gasteiger partial charge in [0.15, 0.2) is 0 Å². The molecule has 1 radical (unpaired) electrons. The molecular formula is C6HF10KNO3. The molecule has 21 heavy (non-hydrogen) atoms. The second-order valence-corrected chi connectivity index (χ2v) is 3.40. The predicted molar refractivity (Wildman–Crippen MR) is 41.0 cm³/mol. The van der Waals surface area contributed by atoms with Crippen LogP contribution in [0.1, 0.15) is 0 Å². The number of nitrogens with zero attached hydrogens (tertiary/aromatic N) is 1. The fourth-order valence-electron chi connectivity index (χ4n) is 1.17.